The van der Waals surface area contributed by atoms with Gasteiger partial charge in [-0.2, -0.15) is 0 Å². The number of thioether (sulfide) groups is 1. The van der Waals surface area contributed by atoms with E-state index >= 15 is 0 Å². The number of nitrogen functional groups attached to an aromatic ring is 1. The third-order valence-electron chi connectivity index (χ3n) is 4.68. The highest BCUT2D eigenvalue weighted by atomic mass is 32.2. The van der Waals surface area contributed by atoms with E-state index in [1.54, 1.807) is 0 Å². The van der Waals surface area contributed by atoms with Crippen LogP contribution in [0.25, 0.3) is 11.4 Å². The monoisotopic (exact) mass is 395 g/mol. The van der Waals surface area contributed by atoms with E-state index in [-0.39, 0.29) is 11.7 Å². The number of hydrogen-bond donors (Lipinski definition) is 2. The first-order valence-corrected chi connectivity index (χ1v) is 10.3. The van der Waals surface area contributed by atoms with Crippen molar-refractivity contribution in [1.29, 1.82) is 0 Å². The molecule has 0 saturated heterocycles. The average Bonchev–Trinajstić information content (AvgIpc) is 3.07. The lowest BCUT2D eigenvalue weighted by atomic mass is 9.99. The molecule has 3 aromatic rings. The van der Waals surface area contributed by atoms with E-state index < -0.39 is 0 Å². The fourth-order valence-electron chi connectivity index (χ4n) is 2.73. The van der Waals surface area contributed by atoms with Crippen LogP contribution in [0.3, 0.4) is 0 Å². The number of amides is 1. The number of carbonyl (C=O) groups excluding carboxylic acids is 1. The van der Waals surface area contributed by atoms with Gasteiger partial charge in [0, 0.05) is 11.3 Å². The van der Waals surface area contributed by atoms with Crippen molar-refractivity contribution in [2.24, 2.45) is 0 Å². The molecule has 0 unspecified atom stereocenters. The van der Waals surface area contributed by atoms with E-state index in [1.165, 1.54) is 22.0 Å². The first-order valence-electron chi connectivity index (χ1n) is 9.28. The smallest absolute Gasteiger partial charge is 0.234 e. The van der Waals surface area contributed by atoms with Crippen molar-refractivity contribution in [1.82, 2.24) is 14.9 Å². The number of rotatable bonds is 7. The SMILES string of the molecule is CC[C@@H](C)c1ccc(NC(=O)CSc2nnc(-c3ccc(C)cc3)n2N)cc1. The number of hydrogen-bond acceptors (Lipinski definition) is 5. The molecular formula is C21H25N5OS. The standard InChI is InChI=1S/C21H25N5OS/c1-4-15(3)16-9-11-18(12-10-16)23-19(27)13-28-21-25-24-20(26(21)22)17-7-5-14(2)6-8-17/h5-12,15H,4,13,22H2,1-3H3,(H,23,27)/t15-/m1/s1. The molecule has 28 heavy (non-hydrogen) atoms. The number of anilines is 1. The highest BCUT2D eigenvalue weighted by Crippen LogP contribution is 2.23. The van der Waals surface area contributed by atoms with E-state index in [0.717, 1.165) is 23.2 Å². The van der Waals surface area contributed by atoms with Crippen molar-refractivity contribution in [3.63, 3.8) is 0 Å². The van der Waals surface area contributed by atoms with Crippen LogP contribution in [0.15, 0.2) is 53.7 Å². The summed E-state index contributed by atoms with van der Waals surface area (Å²) in [5.74, 6) is 7.29. The molecule has 7 heteroatoms. The molecule has 1 amide bonds. The maximum Gasteiger partial charge on any atom is 0.234 e. The highest BCUT2D eigenvalue weighted by Gasteiger charge is 2.14. The van der Waals surface area contributed by atoms with Crippen LogP contribution >= 0.6 is 11.8 Å². The summed E-state index contributed by atoms with van der Waals surface area (Å²) < 4.78 is 1.42. The van der Waals surface area contributed by atoms with Gasteiger partial charge < -0.3 is 11.2 Å². The second-order valence-corrected chi connectivity index (χ2v) is 7.75. The minimum Gasteiger partial charge on any atom is -0.335 e. The zero-order chi connectivity index (χ0) is 20.1. The largest absolute Gasteiger partial charge is 0.335 e. The van der Waals surface area contributed by atoms with Crippen LogP contribution in [0.1, 0.15) is 37.3 Å². The molecule has 6 nitrogen and oxygen atoms in total. The van der Waals surface area contributed by atoms with Crippen molar-refractivity contribution in [3.05, 3.63) is 59.7 Å². The van der Waals surface area contributed by atoms with Crippen molar-refractivity contribution in [2.75, 3.05) is 16.9 Å². The lowest BCUT2D eigenvalue weighted by Crippen LogP contribution is -2.16. The molecule has 0 saturated carbocycles. The molecule has 0 aliphatic heterocycles. The van der Waals surface area contributed by atoms with Gasteiger partial charge in [-0.25, -0.2) is 4.68 Å². The van der Waals surface area contributed by atoms with Gasteiger partial charge in [0.1, 0.15) is 0 Å². The Bertz CT molecular complexity index is 934. The summed E-state index contributed by atoms with van der Waals surface area (Å²) in [4.78, 5) is 12.3. The Morgan fingerprint density at radius 3 is 2.46 bits per heavy atom. The molecular weight excluding hydrogens is 370 g/mol. The molecule has 0 spiro atoms. The predicted molar refractivity (Wildman–Crippen MR) is 115 cm³/mol. The van der Waals surface area contributed by atoms with Crippen molar-refractivity contribution in [2.45, 2.75) is 38.3 Å². The Hall–Kier alpha value is -2.80. The molecule has 3 rings (SSSR count). The first-order chi connectivity index (χ1) is 13.5. The zero-order valence-corrected chi connectivity index (χ0v) is 17.2. The van der Waals surface area contributed by atoms with E-state index in [9.17, 15) is 4.79 Å². The number of carbonyl (C=O) groups is 1. The summed E-state index contributed by atoms with van der Waals surface area (Å²) in [7, 11) is 0. The summed E-state index contributed by atoms with van der Waals surface area (Å²) >= 11 is 1.26. The summed E-state index contributed by atoms with van der Waals surface area (Å²) in [6.07, 6.45) is 1.09. The number of nitrogens with zero attached hydrogens (tertiary/aromatic N) is 3. The van der Waals surface area contributed by atoms with E-state index in [4.69, 9.17) is 5.84 Å². The summed E-state index contributed by atoms with van der Waals surface area (Å²) in [5.41, 5.74) is 4.11. The molecule has 0 fully saturated rings. The van der Waals surface area contributed by atoms with Crippen LogP contribution in [-0.2, 0) is 4.79 Å². The maximum atomic E-state index is 12.3. The van der Waals surface area contributed by atoms with Gasteiger partial charge in [-0.1, -0.05) is 67.6 Å². The number of nitrogens with one attached hydrogen (secondary N) is 1. The van der Waals surface area contributed by atoms with Crippen LogP contribution < -0.4 is 11.2 Å². The molecule has 0 aliphatic carbocycles. The highest BCUT2D eigenvalue weighted by molar-refractivity contribution is 7.99. The Balaban J connectivity index is 1.58. The summed E-state index contributed by atoms with van der Waals surface area (Å²) in [6.45, 7) is 6.38. The summed E-state index contributed by atoms with van der Waals surface area (Å²) in [5, 5.41) is 11.7. The molecule has 1 atom stereocenters. The lowest BCUT2D eigenvalue weighted by molar-refractivity contribution is -0.113. The van der Waals surface area contributed by atoms with Crippen LogP contribution in [0.5, 0.6) is 0 Å². The molecule has 1 heterocycles. The number of aryl methyl sites for hydroxylation is 1. The van der Waals surface area contributed by atoms with Crippen LogP contribution in [0, 0.1) is 6.92 Å². The molecule has 0 radical (unpaired) electrons. The van der Waals surface area contributed by atoms with Crippen molar-refractivity contribution >= 4 is 23.4 Å². The van der Waals surface area contributed by atoms with Gasteiger partial charge in [-0.15, -0.1) is 10.2 Å². The third-order valence-corrected chi connectivity index (χ3v) is 5.63. The fourth-order valence-corrected chi connectivity index (χ4v) is 3.39. The molecule has 3 N–H and O–H groups in total. The molecule has 1 aromatic heterocycles. The van der Waals surface area contributed by atoms with Gasteiger partial charge in [0.15, 0.2) is 5.82 Å². The minimum atomic E-state index is -0.110. The summed E-state index contributed by atoms with van der Waals surface area (Å²) in [6, 6.07) is 15.9. The van der Waals surface area contributed by atoms with Crippen LogP contribution in [-0.4, -0.2) is 26.5 Å². The third kappa shape index (κ3) is 4.72. The Labute approximate surface area is 169 Å². The number of benzene rings is 2. The maximum absolute atomic E-state index is 12.3. The fraction of sp³-hybridized carbons (Fsp3) is 0.286. The van der Waals surface area contributed by atoms with Crippen LogP contribution in [0.2, 0.25) is 0 Å². The molecule has 0 bridgehead atoms. The topological polar surface area (TPSA) is 85.8 Å². The second kappa shape index (κ2) is 8.93. The van der Waals surface area contributed by atoms with E-state index in [1.807, 2.05) is 43.3 Å². The second-order valence-electron chi connectivity index (χ2n) is 6.81. The molecule has 0 aliphatic rings. The van der Waals surface area contributed by atoms with E-state index in [0.29, 0.717) is 16.9 Å². The Morgan fingerprint density at radius 1 is 1.14 bits per heavy atom. The van der Waals surface area contributed by atoms with Crippen LogP contribution in [0.4, 0.5) is 5.69 Å². The normalized spacial score (nSPS) is 12.0. The van der Waals surface area contributed by atoms with Gasteiger partial charge >= 0.3 is 0 Å². The van der Waals surface area contributed by atoms with Gasteiger partial charge in [0.2, 0.25) is 11.1 Å². The first kappa shape index (κ1) is 19.9. The molecule has 146 valence electrons. The van der Waals surface area contributed by atoms with Gasteiger partial charge in [-0.3, -0.25) is 4.79 Å². The van der Waals surface area contributed by atoms with Gasteiger partial charge in [-0.05, 0) is 37.0 Å². The average molecular weight is 396 g/mol. The van der Waals surface area contributed by atoms with Gasteiger partial charge in [0.05, 0.1) is 5.75 Å². The Kier molecular flexibility index (Phi) is 6.36. The molecule has 2 aromatic carbocycles. The van der Waals surface area contributed by atoms with Crippen molar-refractivity contribution < 1.29 is 4.79 Å². The minimum absolute atomic E-state index is 0.110. The zero-order valence-electron chi connectivity index (χ0n) is 16.3. The van der Waals surface area contributed by atoms with E-state index in [2.05, 4.69) is 41.5 Å². The van der Waals surface area contributed by atoms with Gasteiger partial charge in [0.25, 0.3) is 0 Å². The predicted octanol–water partition coefficient (Wildman–Crippen LogP) is 4.21. The Morgan fingerprint density at radius 2 is 1.82 bits per heavy atom. The van der Waals surface area contributed by atoms with Crippen molar-refractivity contribution in [3.8, 4) is 11.4 Å². The number of aromatic nitrogens is 3. The quantitative estimate of drug-likeness (QED) is 0.462. The lowest BCUT2D eigenvalue weighted by Gasteiger charge is -2.10. The number of nitrogens with two attached hydrogens (primary N) is 1.